The molecule has 0 unspecified atom stereocenters. The van der Waals surface area contributed by atoms with E-state index < -0.39 is 0 Å². The van der Waals surface area contributed by atoms with Crippen LogP contribution in [0.2, 0.25) is 0 Å². The molecule has 0 aliphatic rings. The monoisotopic (exact) mass is 206 g/mol. The third-order valence-electron chi connectivity index (χ3n) is 1.88. The third-order valence-corrected chi connectivity index (χ3v) is 3.00. The van der Waals surface area contributed by atoms with Gasteiger partial charge in [0.15, 0.2) is 0 Å². The number of aromatic hydroxyl groups is 1. The molecule has 1 aromatic carbocycles. The van der Waals surface area contributed by atoms with Gasteiger partial charge in [0.1, 0.15) is 5.01 Å². The van der Waals surface area contributed by atoms with Gasteiger partial charge in [-0.05, 0) is 0 Å². The number of rotatable bonds is 2. The Balaban J connectivity index is 2.43. The Morgan fingerprint density at radius 1 is 1.29 bits per heavy atom. The molecule has 0 radical (unpaired) electrons. The number of nitrogens with zero attached hydrogens (tertiary/aromatic N) is 1. The van der Waals surface area contributed by atoms with Crippen LogP contribution >= 0.6 is 11.3 Å². The van der Waals surface area contributed by atoms with Crippen molar-refractivity contribution in [3.05, 3.63) is 35.2 Å². The second kappa shape index (κ2) is 3.77. The molecule has 0 spiro atoms. The SMILES string of the molecule is NCc1sc(-c2ccccc2)nc1O. The summed E-state index contributed by atoms with van der Waals surface area (Å²) in [4.78, 5) is 4.77. The molecule has 0 bridgehead atoms. The fraction of sp³-hybridized carbons (Fsp3) is 0.100. The first-order valence-electron chi connectivity index (χ1n) is 4.25. The number of nitrogens with two attached hydrogens (primary N) is 1. The summed E-state index contributed by atoms with van der Waals surface area (Å²) < 4.78 is 0. The summed E-state index contributed by atoms with van der Waals surface area (Å²) in [6.45, 7) is 0.330. The van der Waals surface area contributed by atoms with Crippen LogP contribution in [-0.2, 0) is 6.54 Å². The summed E-state index contributed by atoms with van der Waals surface area (Å²) in [6, 6.07) is 9.74. The first-order chi connectivity index (χ1) is 6.81. The Labute approximate surface area is 85.8 Å². The van der Waals surface area contributed by atoms with Crippen molar-refractivity contribution in [3.63, 3.8) is 0 Å². The van der Waals surface area contributed by atoms with E-state index in [1.807, 2.05) is 30.3 Å². The van der Waals surface area contributed by atoms with E-state index in [1.165, 1.54) is 11.3 Å². The van der Waals surface area contributed by atoms with Gasteiger partial charge in [0.2, 0.25) is 5.88 Å². The molecular weight excluding hydrogens is 196 g/mol. The number of hydrogen-bond donors (Lipinski definition) is 2. The van der Waals surface area contributed by atoms with Gasteiger partial charge in [0, 0.05) is 12.1 Å². The molecule has 14 heavy (non-hydrogen) atoms. The molecule has 0 saturated carbocycles. The Morgan fingerprint density at radius 3 is 2.57 bits per heavy atom. The maximum atomic E-state index is 9.41. The van der Waals surface area contributed by atoms with Crippen molar-refractivity contribution in [2.45, 2.75) is 6.54 Å². The summed E-state index contributed by atoms with van der Waals surface area (Å²) >= 11 is 1.43. The third kappa shape index (κ3) is 1.62. The van der Waals surface area contributed by atoms with Crippen molar-refractivity contribution in [2.75, 3.05) is 0 Å². The van der Waals surface area contributed by atoms with Crippen LogP contribution in [0.4, 0.5) is 0 Å². The van der Waals surface area contributed by atoms with Crippen molar-refractivity contribution >= 4 is 11.3 Å². The van der Waals surface area contributed by atoms with E-state index in [4.69, 9.17) is 5.73 Å². The summed E-state index contributed by atoms with van der Waals surface area (Å²) in [6.07, 6.45) is 0. The van der Waals surface area contributed by atoms with E-state index in [9.17, 15) is 5.11 Å². The lowest BCUT2D eigenvalue weighted by molar-refractivity contribution is 0.452. The lowest BCUT2D eigenvalue weighted by Crippen LogP contribution is -1.92. The summed E-state index contributed by atoms with van der Waals surface area (Å²) in [5.41, 5.74) is 6.46. The van der Waals surface area contributed by atoms with Gasteiger partial charge in [-0.3, -0.25) is 0 Å². The van der Waals surface area contributed by atoms with Crippen LogP contribution in [0.25, 0.3) is 10.6 Å². The lowest BCUT2D eigenvalue weighted by atomic mass is 10.2. The second-order valence-corrected chi connectivity index (χ2v) is 3.92. The molecule has 4 heteroatoms. The van der Waals surface area contributed by atoms with Crippen LogP contribution in [0.15, 0.2) is 30.3 Å². The molecule has 72 valence electrons. The van der Waals surface area contributed by atoms with Crippen LogP contribution in [-0.4, -0.2) is 10.1 Å². The highest BCUT2D eigenvalue weighted by molar-refractivity contribution is 7.15. The molecule has 1 heterocycles. The molecule has 0 atom stereocenters. The quantitative estimate of drug-likeness (QED) is 0.789. The zero-order valence-corrected chi connectivity index (χ0v) is 8.29. The van der Waals surface area contributed by atoms with Gasteiger partial charge in [-0.25, -0.2) is 4.98 Å². The number of hydrogen-bond acceptors (Lipinski definition) is 4. The molecule has 3 nitrogen and oxygen atoms in total. The van der Waals surface area contributed by atoms with Gasteiger partial charge in [0.25, 0.3) is 0 Å². The molecule has 3 N–H and O–H groups in total. The fourth-order valence-electron chi connectivity index (χ4n) is 1.18. The summed E-state index contributed by atoms with van der Waals surface area (Å²) in [5, 5.41) is 10.2. The normalized spacial score (nSPS) is 10.4. The number of thiazole rings is 1. The largest absolute Gasteiger partial charge is 0.492 e. The van der Waals surface area contributed by atoms with E-state index in [-0.39, 0.29) is 5.88 Å². The Morgan fingerprint density at radius 2 is 2.00 bits per heavy atom. The van der Waals surface area contributed by atoms with Crippen molar-refractivity contribution < 1.29 is 5.11 Å². The minimum atomic E-state index is 0.0522. The standard InChI is InChI=1S/C10H10N2OS/c11-6-8-9(13)12-10(14-8)7-4-2-1-3-5-7/h1-5,13H,6,11H2. The van der Waals surface area contributed by atoms with Crippen LogP contribution in [0.3, 0.4) is 0 Å². The number of benzene rings is 1. The van der Waals surface area contributed by atoms with Crippen LogP contribution in [0.1, 0.15) is 4.88 Å². The average Bonchev–Trinajstić information content (AvgIpc) is 2.61. The van der Waals surface area contributed by atoms with E-state index in [0.29, 0.717) is 6.54 Å². The smallest absolute Gasteiger partial charge is 0.227 e. The molecule has 0 aliphatic heterocycles. The van der Waals surface area contributed by atoms with Gasteiger partial charge >= 0.3 is 0 Å². The van der Waals surface area contributed by atoms with E-state index in [1.54, 1.807) is 0 Å². The van der Waals surface area contributed by atoms with Crippen molar-refractivity contribution in [1.29, 1.82) is 0 Å². The second-order valence-electron chi connectivity index (χ2n) is 2.84. The van der Waals surface area contributed by atoms with Crippen LogP contribution in [0.5, 0.6) is 5.88 Å². The van der Waals surface area contributed by atoms with E-state index >= 15 is 0 Å². The first-order valence-corrected chi connectivity index (χ1v) is 5.07. The van der Waals surface area contributed by atoms with Gasteiger partial charge in [-0.2, -0.15) is 0 Å². The predicted octanol–water partition coefficient (Wildman–Crippen LogP) is 1.97. The molecule has 2 rings (SSSR count). The molecular formula is C10H10N2OS. The molecule has 0 aliphatic carbocycles. The van der Waals surface area contributed by atoms with E-state index in [0.717, 1.165) is 15.4 Å². The lowest BCUT2D eigenvalue weighted by Gasteiger charge is -1.92. The Bertz CT molecular complexity index is 425. The maximum Gasteiger partial charge on any atom is 0.227 e. The van der Waals surface area contributed by atoms with Gasteiger partial charge in [-0.1, -0.05) is 30.3 Å². The van der Waals surface area contributed by atoms with Gasteiger partial charge < -0.3 is 10.8 Å². The zero-order valence-electron chi connectivity index (χ0n) is 7.47. The Hall–Kier alpha value is -1.39. The molecule has 2 aromatic rings. The van der Waals surface area contributed by atoms with Crippen LogP contribution in [0, 0.1) is 0 Å². The summed E-state index contributed by atoms with van der Waals surface area (Å²) in [7, 11) is 0. The molecule has 1 aromatic heterocycles. The predicted molar refractivity (Wildman–Crippen MR) is 57.1 cm³/mol. The van der Waals surface area contributed by atoms with Gasteiger partial charge in [0.05, 0.1) is 4.88 Å². The highest BCUT2D eigenvalue weighted by Crippen LogP contribution is 2.30. The zero-order chi connectivity index (χ0) is 9.97. The van der Waals surface area contributed by atoms with Crippen molar-refractivity contribution in [3.8, 4) is 16.5 Å². The molecule has 0 fully saturated rings. The van der Waals surface area contributed by atoms with Gasteiger partial charge in [-0.15, -0.1) is 11.3 Å². The maximum absolute atomic E-state index is 9.41. The van der Waals surface area contributed by atoms with Crippen molar-refractivity contribution in [1.82, 2.24) is 4.98 Å². The minimum absolute atomic E-state index is 0.0522. The van der Waals surface area contributed by atoms with E-state index in [2.05, 4.69) is 4.98 Å². The molecule has 0 amide bonds. The topological polar surface area (TPSA) is 59.1 Å². The number of aromatic nitrogens is 1. The highest BCUT2D eigenvalue weighted by Gasteiger charge is 2.09. The van der Waals surface area contributed by atoms with Crippen molar-refractivity contribution in [2.24, 2.45) is 5.73 Å². The van der Waals surface area contributed by atoms with Crippen LogP contribution < -0.4 is 5.73 Å². The fourth-order valence-corrected chi connectivity index (χ4v) is 2.02. The minimum Gasteiger partial charge on any atom is -0.492 e. The summed E-state index contributed by atoms with van der Waals surface area (Å²) in [5.74, 6) is 0.0522. The highest BCUT2D eigenvalue weighted by atomic mass is 32.1. The first kappa shape index (κ1) is 9.18. The Kier molecular flexibility index (Phi) is 2.47. The average molecular weight is 206 g/mol. The molecule has 0 saturated heterocycles.